The topological polar surface area (TPSA) is 78.4 Å². The van der Waals surface area contributed by atoms with E-state index in [1.54, 1.807) is 6.92 Å². The second-order valence-corrected chi connectivity index (χ2v) is 4.11. The van der Waals surface area contributed by atoms with Crippen LogP contribution in [0.2, 0.25) is 0 Å². The highest BCUT2D eigenvalue weighted by molar-refractivity contribution is 5.92. The van der Waals surface area contributed by atoms with Crippen LogP contribution < -0.4 is 10.6 Å². The first kappa shape index (κ1) is 12.5. The third-order valence-corrected chi connectivity index (χ3v) is 2.67. The fourth-order valence-corrected chi connectivity index (χ4v) is 1.93. The molecule has 5 heteroatoms. The average Bonchev–Trinajstić information content (AvgIpc) is 2.65. The Labute approximate surface area is 94.9 Å². The zero-order chi connectivity index (χ0) is 12.1. The number of hydrogen-bond donors (Lipinski definition) is 3. The van der Waals surface area contributed by atoms with Gasteiger partial charge in [-0.15, -0.1) is 0 Å². The Bertz CT molecular complexity index is 317. The minimum atomic E-state index is -1.11. The second-order valence-electron chi connectivity index (χ2n) is 4.11. The van der Waals surface area contributed by atoms with E-state index in [0.29, 0.717) is 11.7 Å². The number of carbonyl (C=O) groups excluding carboxylic acids is 1. The van der Waals surface area contributed by atoms with Gasteiger partial charge in [-0.3, -0.25) is 4.79 Å². The van der Waals surface area contributed by atoms with Gasteiger partial charge in [0, 0.05) is 18.7 Å². The Hall–Kier alpha value is -1.52. The molecule has 5 nitrogen and oxygen atoms in total. The minimum absolute atomic E-state index is 0.0561. The maximum atomic E-state index is 10.9. The van der Waals surface area contributed by atoms with Gasteiger partial charge in [-0.2, -0.15) is 0 Å². The molecule has 3 N–H and O–H groups in total. The molecular weight excluding hydrogens is 208 g/mol. The number of amides is 1. The van der Waals surface area contributed by atoms with Gasteiger partial charge in [-0.25, -0.2) is 4.79 Å². The zero-order valence-electron chi connectivity index (χ0n) is 9.67. The van der Waals surface area contributed by atoms with Crippen molar-refractivity contribution in [1.29, 1.82) is 0 Å². The molecule has 0 bridgehead atoms. The quantitative estimate of drug-likeness (QED) is 0.624. The van der Waals surface area contributed by atoms with Crippen molar-refractivity contribution in [2.45, 2.75) is 45.6 Å². The van der Waals surface area contributed by atoms with Crippen molar-refractivity contribution in [2.24, 2.45) is 0 Å². The van der Waals surface area contributed by atoms with Crippen molar-refractivity contribution >= 4 is 11.9 Å². The summed E-state index contributed by atoms with van der Waals surface area (Å²) in [5.41, 5.74) is 0.467. The Kier molecular flexibility index (Phi) is 4.34. The number of rotatable bonds is 4. The van der Waals surface area contributed by atoms with Crippen LogP contribution in [0.5, 0.6) is 0 Å². The molecule has 0 unspecified atom stereocenters. The zero-order valence-corrected chi connectivity index (χ0v) is 9.67. The molecule has 0 heterocycles. The molecule has 90 valence electrons. The van der Waals surface area contributed by atoms with Gasteiger partial charge < -0.3 is 15.7 Å². The molecule has 1 rings (SSSR count). The van der Waals surface area contributed by atoms with Crippen LogP contribution in [0.3, 0.4) is 0 Å². The van der Waals surface area contributed by atoms with E-state index in [2.05, 4.69) is 10.6 Å². The van der Waals surface area contributed by atoms with Crippen LogP contribution >= 0.6 is 0 Å². The first-order valence-electron chi connectivity index (χ1n) is 5.49. The molecule has 0 atom stereocenters. The third kappa shape index (κ3) is 3.56. The highest BCUT2D eigenvalue weighted by Gasteiger charge is 2.18. The van der Waals surface area contributed by atoms with Crippen LogP contribution in [0.25, 0.3) is 0 Å². The first-order valence-corrected chi connectivity index (χ1v) is 5.49. The SMILES string of the molecule is CC(=O)N/C(C(=O)O)=C(\C)NC1CCCC1. The van der Waals surface area contributed by atoms with Gasteiger partial charge in [0.25, 0.3) is 0 Å². The summed E-state index contributed by atoms with van der Waals surface area (Å²) in [5.74, 6) is -1.48. The van der Waals surface area contributed by atoms with Crippen LogP contribution in [-0.2, 0) is 9.59 Å². The molecule has 0 aromatic heterocycles. The maximum absolute atomic E-state index is 10.9. The first-order chi connectivity index (χ1) is 7.50. The van der Waals surface area contributed by atoms with Crippen LogP contribution in [0.1, 0.15) is 39.5 Å². The monoisotopic (exact) mass is 226 g/mol. The van der Waals surface area contributed by atoms with Crippen molar-refractivity contribution in [1.82, 2.24) is 10.6 Å². The third-order valence-electron chi connectivity index (χ3n) is 2.67. The van der Waals surface area contributed by atoms with E-state index in [4.69, 9.17) is 5.11 Å². The van der Waals surface area contributed by atoms with Gasteiger partial charge in [0.2, 0.25) is 5.91 Å². The molecule has 1 fully saturated rings. The van der Waals surface area contributed by atoms with E-state index in [1.165, 1.54) is 19.8 Å². The number of carbonyl (C=O) groups is 2. The average molecular weight is 226 g/mol. The van der Waals surface area contributed by atoms with Crippen molar-refractivity contribution in [3.05, 3.63) is 11.4 Å². The second kappa shape index (κ2) is 5.53. The summed E-state index contributed by atoms with van der Waals surface area (Å²) in [4.78, 5) is 21.8. The van der Waals surface area contributed by atoms with E-state index in [9.17, 15) is 9.59 Å². The Morgan fingerprint density at radius 2 is 1.75 bits per heavy atom. The van der Waals surface area contributed by atoms with E-state index in [0.717, 1.165) is 12.8 Å². The van der Waals surface area contributed by atoms with Gasteiger partial charge in [0.05, 0.1) is 0 Å². The number of carboxylic acid groups (broad SMARTS) is 1. The summed E-state index contributed by atoms with van der Waals surface area (Å²) in [7, 11) is 0. The normalized spacial score (nSPS) is 17.9. The number of carboxylic acids is 1. The number of aliphatic carboxylic acids is 1. The summed E-state index contributed by atoms with van der Waals surface area (Å²) in [6.07, 6.45) is 4.47. The molecule has 0 radical (unpaired) electrons. The molecule has 1 aliphatic rings. The maximum Gasteiger partial charge on any atom is 0.354 e. The Morgan fingerprint density at radius 1 is 1.19 bits per heavy atom. The number of allylic oxidation sites excluding steroid dienone is 1. The van der Waals surface area contributed by atoms with Gasteiger partial charge in [-0.1, -0.05) is 12.8 Å². The standard InChI is InChI=1S/C11H18N2O3/c1-7(12-9-5-3-4-6-9)10(11(15)16)13-8(2)14/h9,12H,3-6H2,1-2H3,(H,13,14)(H,15,16)/b10-7+. The molecule has 1 saturated carbocycles. The van der Waals surface area contributed by atoms with Crippen molar-refractivity contribution in [3.63, 3.8) is 0 Å². The van der Waals surface area contributed by atoms with Crippen molar-refractivity contribution < 1.29 is 14.7 Å². The summed E-state index contributed by atoms with van der Waals surface area (Å²) in [5, 5.41) is 14.4. The molecule has 0 spiro atoms. The lowest BCUT2D eigenvalue weighted by molar-refractivity contribution is -0.134. The van der Waals surface area contributed by atoms with Crippen molar-refractivity contribution in [2.75, 3.05) is 0 Å². The highest BCUT2D eigenvalue weighted by Crippen LogP contribution is 2.19. The van der Waals surface area contributed by atoms with E-state index >= 15 is 0 Å². The molecule has 0 saturated heterocycles. The molecule has 1 aliphatic carbocycles. The minimum Gasteiger partial charge on any atom is -0.477 e. The largest absolute Gasteiger partial charge is 0.477 e. The van der Waals surface area contributed by atoms with Gasteiger partial charge in [0.1, 0.15) is 5.70 Å². The van der Waals surface area contributed by atoms with Crippen LogP contribution in [0.15, 0.2) is 11.4 Å². The molecular formula is C11H18N2O3. The molecule has 0 aliphatic heterocycles. The van der Waals surface area contributed by atoms with E-state index in [1.807, 2.05) is 0 Å². The fraction of sp³-hybridized carbons (Fsp3) is 0.636. The Balaban J connectivity index is 2.70. The Morgan fingerprint density at radius 3 is 2.19 bits per heavy atom. The van der Waals surface area contributed by atoms with Crippen LogP contribution in [-0.4, -0.2) is 23.0 Å². The fourth-order valence-electron chi connectivity index (χ4n) is 1.93. The van der Waals surface area contributed by atoms with E-state index < -0.39 is 5.97 Å². The number of hydrogen-bond acceptors (Lipinski definition) is 3. The van der Waals surface area contributed by atoms with Gasteiger partial charge >= 0.3 is 5.97 Å². The van der Waals surface area contributed by atoms with E-state index in [-0.39, 0.29) is 11.6 Å². The van der Waals surface area contributed by atoms with Gasteiger partial charge in [0.15, 0.2) is 0 Å². The highest BCUT2D eigenvalue weighted by atomic mass is 16.4. The smallest absolute Gasteiger partial charge is 0.354 e. The summed E-state index contributed by atoms with van der Waals surface area (Å²) < 4.78 is 0. The molecule has 0 aromatic rings. The summed E-state index contributed by atoms with van der Waals surface area (Å²) in [6.45, 7) is 2.98. The molecule has 1 amide bonds. The molecule has 0 aromatic carbocycles. The van der Waals surface area contributed by atoms with Gasteiger partial charge in [-0.05, 0) is 19.8 Å². The lowest BCUT2D eigenvalue weighted by Gasteiger charge is -2.16. The summed E-state index contributed by atoms with van der Waals surface area (Å²) in [6, 6.07) is 0.336. The van der Waals surface area contributed by atoms with Crippen molar-refractivity contribution in [3.8, 4) is 0 Å². The predicted octanol–water partition coefficient (Wildman–Crippen LogP) is 0.971. The predicted molar refractivity (Wildman–Crippen MR) is 59.5 cm³/mol. The number of nitrogens with one attached hydrogen (secondary N) is 2. The van der Waals surface area contributed by atoms with Crippen LogP contribution in [0.4, 0.5) is 0 Å². The molecule has 16 heavy (non-hydrogen) atoms. The van der Waals surface area contributed by atoms with Crippen LogP contribution in [0, 0.1) is 0 Å². The summed E-state index contributed by atoms with van der Waals surface area (Å²) >= 11 is 0. The lowest BCUT2D eigenvalue weighted by Crippen LogP contribution is -2.32. The lowest BCUT2D eigenvalue weighted by atomic mass is 10.2.